The Morgan fingerprint density at radius 3 is 2.71 bits per heavy atom. The monoisotopic (exact) mass is 389 g/mol. The quantitative estimate of drug-likeness (QED) is 0.322. The fourth-order valence-electron chi connectivity index (χ4n) is 3.79. The first-order valence-electron chi connectivity index (χ1n) is 9.28. The van der Waals surface area contributed by atoms with E-state index in [-0.39, 0.29) is 5.63 Å². The van der Waals surface area contributed by atoms with Gasteiger partial charge < -0.3 is 10.3 Å². The van der Waals surface area contributed by atoms with Crippen LogP contribution >= 0.6 is 11.8 Å². The summed E-state index contributed by atoms with van der Waals surface area (Å²) in [5, 5.41) is 1.72. The highest BCUT2D eigenvalue weighted by atomic mass is 32.2. The summed E-state index contributed by atoms with van der Waals surface area (Å²) in [6.45, 7) is 0. The van der Waals surface area contributed by atoms with Crippen molar-refractivity contribution in [2.75, 3.05) is 5.84 Å². The molecule has 6 heteroatoms. The standard InChI is InChI=1S/C22H19N3O2S/c23-25-12-19(14-5-2-1-3-6-14)24-22(25)28-13-17-11-21(26)27-20-10-16-8-4-7-15(16)9-18(17)20/h1-3,5-6,9-12H,4,7-8,13,23H2. The normalized spacial score (nSPS) is 13.1. The first-order chi connectivity index (χ1) is 13.7. The van der Waals surface area contributed by atoms with Crippen LogP contribution in [0.4, 0.5) is 0 Å². The van der Waals surface area contributed by atoms with Crippen molar-refractivity contribution >= 4 is 22.7 Å². The van der Waals surface area contributed by atoms with Crippen molar-refractivity contribution in [3.63, 3.8) is 0 Å². The molecule has 2 aromatic heterocycles. The zero-order valence-corrected chi connectivity index (χ0v) is 16.0. The summed E-state index contributed by atoms with van der Waals surface area (Å²) in [6.07, 6.45) is 5.13. The Bertz CT molecular complexity index is 1230. The van der Waals surface area contributed by atoms with Gasteiger partial charge in [-0.25, -0.2) is 14.5 Å². The number of hydrogen-bond acceptors (Lipinski definition) is 5. The third-order valence-corrected chi connectivity index (χ3v) is 6.18. The zero-order chi connectivity index (χ0) is 19.1. The number of aromatic nitrogens is 2. The second kappa shape index (κ2) is 6.87. The number of nitrogen functional groups attached to an aromatic ring is 1. The molecule has 1 aliphatic carbocycles. The molecule has 0 saturated carbocycles. The highest BCUT2D eigenvalue weighted by Gasteiger charge is 2.16. The number of nitrogens with zero attached hydrogens (tertiary/aromatic N) is 2. The number of fused-ring (bicyclic) bond motifs is 2. The number of hydrogen-bond donors (Lipinski definition) is 1. The summed E-state index contributed by atoms with van der Waals surface area (Å²) in [7, 11) is 0. The molecule has 5 nitrogen and oxygen atoms in total. The van der Waals surface area contributed by atoms with Gasteiger partial charge >= 0.3 is 5.63 Å². The van der Waals surface area contributed by atoms with Crippen molar-refractivity contribution in [2.24, 2.45) is 0 Å². The van der Waals surface area contributed by atoms with Gasteiger partial charge in [0.15, 0.2) is 5.16 Å². The second-order valence-electron chi connectivity index (χ2n) is 7.03. The molecule has 4 aromatic rings. The molecular formula is C22H19N3O2S. The molecule has 0 bridgehead atoms. The molecule has 0 saturated heterocycles. The van der Waals surface area contributed by atoms with Gasteiger partial charge in [-0.3, -0.25) is 0 Å². The highest BCUT2D eigenvalue weighted by Crippen LogP contribution is 2.31. The molecule has 140 valence electrons. The van der Waals surface area contributed by atoms with E-state index in [1.54, 1.807) is 6.07 Å². The predicted octanol–water partition coefficient (Wildman–Crippen LogP) is 4.15. The van der Waals surface area contributed by atoms with Gasteiger partial charge in [0.2, 0.25) is 0 Å². The van der Waals surface area contributed by atoms with Crippen LogP contribution < -0.4 is 11.5 Å². The Hall–Kier alpha value is -2.99. The Labute approximate surface area is 166 Å². The van der Waals surface area contributed by atoms with E-state index in [4.69, 9.17) is 10.3 Å². The number of nitrogens with two attached hydrogens (primary N) is 1. The van der Waals surface area contributed by atoms with E-state index in [2.05, 4.69) is 11.1 Å². The minimum absolute atomic E-state index is 0.317. The van der Waals surface area contributed by atoms with Crippen molar-refractivity contribution < 1.29 is 4.42 Å². The lowest BCUT2D eigenvalue weighted by molar-refractivity contribution is 0.559. The molecule has 0 fully saturated rings. The molecule has 28 heavy (non-hydrogen) atoms. The maximum atomic E-state index is 12.1. The largest absolute Gasteiger partial charge is 0.423 e. The number of aryl methyl sites for hydroxylation is 2. The Kier molecular flexibility index (Phi) is 4.20. The maximum absolute atomic E-state index is 12.1. The lowest BCUT2D eigenvalue weighted by atomic mass is 10.0. The molecule has 2 N–H and O–H groups in total. The predicted molar refractivity (Wildman–Crippen MR) is 112 cm³/mol. The molecule has 1 aliphatic rings. The van der Waals surface area contributed by atoms with Crippen molar-refractivity contribution in [1.29, 1.82) is 0 Å². The van der Waals surface area contributed by atoms with Crippen LogP contribution in [-0.4, -0.2) is 9.66 Å². The summed E-state index contributed by atoms with van der Waals surface area (Å²) in [6, 6.07) is 15.7. The summed E-state index contributed by atoms with van der Waals surface area (Å²) < 4.78 is 6.99. The average Bonchev–Trinajstić information content (AvgIpc) is 3.31. The van der Waals surface area contributed by atoms with Crippen LogP contribution in [0.15, 0.2) is 69.1 Å². The first-order valence-corrected chi connectivity index (χ1v) is 10.3. The van der Waals surface area contributed by atoms with E-state index in [1.165, 1.54) is 27.6 Å². The Balaban J connectivity index is 1.47. The second-order valence-corrected chi connectivity index (χ2v) is 7.97. The van der Waals surface area contributed by atoms with Gasteiger partial charge in [-0.2, -0.15) is 0 Å². The van der Waals surface area contributed by atoms with E-state index in [1.807, 2.05) is 42.6 Å². The van der Waals surface area contributed by atoms with E-state index < -0.39 is 0 Å². The molecule has 5 rings (SSSR count). The molecule has 0 spiro atoms. The zero-order valence-electron chi connectivity index (χ0n) is 15.2. The molecule has 0 amide bonds. The van der Waals surface area contributed by atoms with Crippen molar-refractivity contribution in [3.05, 3.63) is 81.8 Å². The SMILES string of the molecule is Nn1cc(-c2ccccc2)nc1SCc1cc(=O)oc2cc3c(cc12)CCC3. The highest BCUT2D eigenvalue weighted by molar-refractivity contribution is 7.98. The number of rotatable bonds is 4. The average molecular weight is 389 g/mol. The fourth-order valence-corrected chi connectivity index (χ4v) is 4.68. The Morgan fingerprint density at radius 2 is 1.89 bits per heavy atom. The van der Waals surface area contributed by atoms with Crippen molar-refractivity contribution in [1.82, 2.24) is 9.66 Å². The smallest absolute Gasteiger partial charge is 0.336 e. The fraction of sp³-hybridized carbons (Fsp3) is 0.182. The summed E-state index contributed by atoms with van der Waals surface area (Å²) in [5.41, 5.74) is 5.82. The van der Waals surface area contributed by atoms with Crippen LogP contribution in [0.5, 0.6) is 0 Å². The van der Waals surface area contributed by atoms with Gasteiger partial charge in [0.05, 0.1) is 11.9 Å². The lowest BCUT2D eigenvalue weighted by Crippen LogP contribution is -2.08. The Morgan fingerprint density at radius 1 is 1.11 bits per heavy atom. The number of benzene rings is 2. The summed E-state index contributed by atoms with van der Waals surface area (Å²) in [5.74, 6) is 6.71. The van der Waals surface area contributed by atoms with Crippen molar-refractivity contribution in [2.45, 2.75) is 30.2 Å². The minimum Gasteiger partial charge on any atom is -0.423 e. The van der Waals surface area contributed by atoms with E-state index in [0.29, 0.717) is 16.5 Å². The van der Waals surface area contributed by atoms with Crippen LogP contribution in [0.25, 0.3) is 22.2 Å². The molecule has 2 heterocycles. The van der Waals surface area contributed by atoms with Gasteiger partial charge in [-0.1, -0.05) is 42.1 Å². The van der Waals surface area contributed by atoms with Crippen LogP contribution in [0.2, 0.25) is 0 Å². The van der Waals surface area contributed by atoms with Crippen molar-refractivity contribution in [3.8, 4) is 11.3 Å². The van der Waals surface area contributed by atoms with Crippen LogP contribution in [0.1, 0.15) is 23.1 Å². The first kappa shape index (κ1) is 17.1. The van der Waals surface area contributed by atoms with Gasteiger partial charge in [0.1, 0.15) is 5.58 Å². The van der Waals surface area contributed by atoms with Gasteiger partial charge in [-0.05, 0) is 48.1 Å². The summed E-state index contributed by atoms with van der Waals surface area (Å²) >= 11 is 1.52. The van der Waals surface area contributed by atoms with E-state index >= 15 is 0 Å². The van der Waals surface area contributed by atoms with Gasteiger partial charge in [0, 0.05) is 22.8 Å². The van der Waals surface area contributed by atoms with Crippen LogP contribution in [0, 0.1) is 0 Å². The molecule has 2 aromatic carbocycles. The molecule has 0 aliphatic heterocycles. The molecular weight excluding hydrogens is 370 g/mol. The molecule has 0 radical (unpaired) electrons. The van der Waals surface area contributed by atoms with E-state index in [9.17, 15) is 4.79 Å². The lowest BCUT2D eigenvalue weighted by Gasteiger charge is -2.08. The number of imidazole rings is 1. The third kappa shape index (κ3) is 3.10. The minimum atomic E-state index is -0.317. The topological polar surface area (TPSA) is 74.1 Å². The van der Waals surface area contributed by atoms with E-state index in [0.717, 1.165) is 41.5 Å². The van der Waals surface area contributed by atoms with Crippen LogP contribution in [-0.2, 0) is 18.6 Å². The van der Waals surface area contributed by atoms with Gasteiger partial charge in [-0.15, -0.1) is 0 Å². The number of thioether (sulfide) groups is 1. The summed E-state index contributed by atoms with van der Waals surface area (Å²) in [4.78, 5) is 16.7. The molecule has 0 atom stereocenters. The third-order valence-electron chi connectivity index (χ3n) is 5.17. The molecule has 0 unspecified atom stereocenters. The van der Waals surface area contributed by atoms with Gasteiger partial charge in [0.25, 0.3) is 0 Å². The maximum Gasteiger partial charge on any atom is 0.336 e. The van der Waals surface area contributed by atoms with Crippen LogP contribution in [0.3, 0.4) is 0 Å².